The standard InChI is InChI=1S/C22H26N2O3/c1-15-4-6-16(7-5-15)8-11-21(25)24-18-10-9-17(13-18)19(24)14-23-22(26)20-3-2-12-27-20/h2-7,12,17-19H,8-11,13-14H2,1H3,(H,23,26)/t17-,18+,19+/m0/s1. The second-order valence-electron chi connectivity index (χ2n) is 7.77. The van der Waals surface area contributed by atoms with Gasteiger partial charge in [-0.1, -0.05) is 29.8 Å². The number of nitrogens with zero attached hydrogens (tertiary/aromatic N) is 1. The van der Waals surface area contributed by atoms with E-state index in [-0.39, 0.29) is 17.9 Å². The van der Waals surface area contributed by atoms with Crippen molar-refractivity contribution >= 4 is 11.8 Å². The van der Waals surface area contributed by atoms with Gasteiger partial charge < -0.3 is 14.6 Å². The first-order valence-corrected chi connectivity index (χ1v) is 9.80. The maximum absolute atomic E-state index is 13.0. The van der Waals surface area contributed by atoms with Gasteiger partial charge in [-0.05, 0) is 56.2 Å². The van der Waals surface area contributed by atoms with E-state index in [1.165, 1.54) is 17.4 Å². The Bertz CT molecular complexity index is 797. The summed E-state index contributed by atoms with van der Waals surface area (Å²) in [6.07, 6.45) is 6.08. The van der Waals surface area contributed by atoms with Crippen LogP contribution in [0.5, 0.6) is 0 Å². The number of benzene rings is 1. The summed E-state index contributed by atoms with van der Waals surface area (Å²) in [5.74, 6) is 0.806. The number of furan rings is 1. The summed E-state index contributed by atoms with van der Waals surface area (Å²) in [7, 11) is 0. The number of aryl methyl sites for hydroxylation is 2. The number of piperidine rings is 1. The molecular formula is C22H26N2O3. The van der Waals surface area contributed by atoms with Crippen LogP contribution in [0.2, 0.25) is 0 Å². The van der Waals surface area contributed by atoms with E-state index in [1.807, 2.05) is 0 Å². The Hall–Kier alpha value is -2.56. The third-order valence-electron chi connectivity index (χ3n) is 5.99. The summed E-state index contributed by atoms with van der Waals surface area (Å²) < 4.78 is 5.15. The highest BCUT2D eigenvalue weighted by Crippen LogP contribution is 2.42. The molecule has 0 spiro atoms. The zero-order chi connectivity index (χ0) is 18.8. The van der Waals surface area contributed by atoms with Gasteiger partial charge in [-0.25, -0.2) is 0 Å². The van der Waals surface area contributed by atoms with E-state index in [0.29, 0.717) is 30.7 Å². The zero-order valence-corrected chi connectivity index (χ0v) is 15.7. The number of fused-ring (bicyclic) bond motifs is 2. The first-order chi connectivity index (χ1) is 13.1. The van der Waals surface area contributed by atoms with Gasteiger partial charge in [0.2, 0.25) is 5.91 Å². The predicted molar refractivity (Wildman–Crippen MR) is 102 cm³/mol. The molecule has 2 aromatic rings. The second-order valence-corrected chi connectivity index (χ2v) is 7.77. The third kappa shape index (κ3) is 3.77. The molecule has 27 heavy (non-hydrogen) atoms. The number of amides is 2. The van der Waals surface area contributed by atoms with Crippen molar-refractivity contribution in [3.05, 3.63) is 59.5 Å². The van der Waals surface area contributed by atoms with Crippen LogP contribution in [0.1, 0.15) is 47.4 Å². The zero-order valence-electron chi connectivity index (χ0n) is 15.7. The number of carbonyl (C=O) groups excluding carboxylic acids is 2. The van der Waals surface area contributed by atoms with Gasteiger partial charge in [0.15, 0.2) is 5.76 Å². The van der Waals surface area contributed by atoms with Crippen molar-refractivity contribution in [1.29, 1.82) is 0 Å². The smallest absolute Gasteiger partial charge is 0.287 e. The fourth-order valence-corrected chi connectivity index (χ4v) is 4.57. The normalized spacial score (nSPS) is 23.6. The molecule has 1 N–H and O–H groups in total. The maximum Gasteiger partial charge on any atom is 0.287 e. The second kappa shape index (κ2) is 7.59. The van der Waals surface area contributed by atoms with E-state index in [0.717, 1.165) is 25.7 Å². The lowest BCUT2D eigenvalue weighted by Crippen LogP contribution is -2.50. The van der Waals surface area contributed by atoms with Crippen molar-refractivity contribution in [2.45, 2.75) is 51.1 Å². The average molecular weight is 366 g/mol. The SMILES string of the molecule is Cc1ccc(CCC(=O)N2[C@@H]3CC[C@@H](C3)[C@H]2CNC(=O)c2ccco2)cc1. The number of rotatable bonds is 6. The average Bonchev–Trinajstić information content (AvgIpc) is 3.42. The van der Waals surface area contributed by atoms with Gasteiger partial charge in [0.1, 0.15) is 0 Å². The molecule has 3 atom stereocenters. The Balaban J connectivity index is 1.36. The Morgan fingerprint density at radius 3 is 2.74 bits per heavy atom. The summed E-state index contributed by atoms with van der Waals surface area (Å²) in [6, 6.07) is 12.2. The van der Waals surface area contributed by atoms with Gasteiger partial charge in [0.05, 0.1) is 12.3 Å². The van der Waals surface area contributed by atoms with Crippen LogP contribution in [-0.2, 0) is 11.2 Å². The fraction of sp³-hybridized carbons (Fsp3) is 0.455. The molecule has 4 rings (SSSR count). The lowest BCUT2D eigenvalue weighted by atomic mass is 9.97. The quantitative estimate of drug-likeness (QED) is 0.853. The monoisotopic (exact) mass is 366 g/mol. The molecular weight excluding hydrogens is 340 g/mol. The largest absolute Gasteiger partial charge is 0.459 e. The van der Waals surface area contributed by atoms with Gasteiger partial charge in [-0.15, -0.1) is 0 Å². The Labute approximate surface area is 159 Å². The van der Waals surface area contributed by atoms with Crippen molar-refractivity contribution < 1.29 is 14.0 Å². The van der Waals surface area contributed by atoms with Crippen LogP contribution in [0.15, 0.2) is 47.1 Å². The van der Waals surface area contributed by atoms with Crippen molar-refractivity contribution in [3.8, 4) is 0 Å². The minimum Gasteiger partial charge on any atom is -0.459 e. The van der Waals surface area contributed by atoms with Crippen LogP contribution in [-0.4, -0.2) is 35.3 Å². The van der Waals surface area contributed by atoms with Crippen LogP contribution in [0.3, 0.4) is 0 Å². The summed E-state index contributed by atoms with van der Waals surface area (Å²) in [4.78, 5) is 27.2. The topological polar surface area (TPSA) is 62.6 Å². The summed E-state index contributed by atoms with van der Waals surface area (Å²) in [6.45, 7) is 2.56. The minimum absolute atomic E-state index is 0.105. The molecule has 5 heteroatoms. The molecule has 2 amide bonds. The summed E-state index contributed by atoms with van der Waals surface area (Å²) in [5, 5.41) is 2.95. The van der Waals surface area contributed by atoms with Crippen molar-refractivity contribution in [2.75, 3.05) is 6.54 Å². The molecule has 1 aromatic heterocycles. The van der Waals surface area contributed by atoms with Crippen LogP contribution in [0, 0.1) is 12.8 Å². The van der Waals surface area contributed by atoms with Gasteiger partial charge in [-0.2, -0.15) is 0 Å². The van der Waals surface area contributed by atoms with E-state index in [1.54, 1.807) is 12.1 Å². The number of carbonyl (C=O) groups is 2. The first-order valence-electron chi connectivity index (χ1n) is 9.80. The molecule has 2 fully saturated rings. The molecule has 0 radical (unpaired) electrons. The van der Waals surface area contributed by atoms with Gasteiger partial charge in [-0.3, -0.25) is 9.59 Å². The Morgan fingerprint density at radius 1 is 1.19 bits per heavy atom. The van der Waals surface area contributed by atoms with Crippen molar-refractivity contribution in [3.63, 3.8) is 0 Å². The summed E-state index contributed by atoms with van der Waals surface area (Å²) in [5.41, 5.74) is 2.43. The molecule has 1 aliphatic heterocycles. The van der Waals surface area contributed by atoms with Crippen LogP contribution < -0.4 is 5.32 Å². The molecule has 2 bridgehead atoms. The molecule has 1 aliphatic carbocycles. The van der Waals surface area contributed by atoms with Crippen LogP contribution >= 0.6 is 0 Å². The fourth-order valence-electron chi connectivity index (χ4n) is 4.57. The predicted octanol–water partition coefficient (Wildman–Crippen LogP) is 3.33. The number of nitrogens with one attached hydrogen (secondary N) is 1. The van der Waals surface area contributed by atoms with Crippen molar-refractivity contribution in [2.24, 2.45) is 5.92 Å². The molecule has 2 heterocycles. The molecule has 0 unspecified atom stereocenters. The van der Waals surface area contributed by atoms with Crippen LogP contribution in [0.25, 0.3) is 0 Å². The summed E-state index contributed by atoms with van der Waals surface area (Å²) >= 11 is 0. The Kier molecular flexibility index (Phi) is 5.01. The van der Waals surface area contributed by atoms with E-state index in [4.69, 9.17) is 4.42 Å². The molecule has 1 saturated carbocycles. The lowest BCUT2D eigenvalue weighted by molar-refractivity contribution is -0.135. The molecule has 1 saturated heterocycles. The number of hydrogen-bond donors (Lipinski definition) is 1. The van der Waals surface area contributed by atoms with Crippen molar-refractivity contribution in [1.82, 2.24) is 10.2 Å². The maximum atomic E-state index is 13.0. The van der Waals surface area contributed by atoms with E-state index in [2.05, 4.69) is 41.4 Å². The van der Waals surface area contributed by atoms with Gasteiger partial charge in [0.25, 0.3) is 5.91 Å². The molecule has 142 valence electrons. The number of likely N-dealkylation sites (tertiary alicyclic amines) is 1. The van der Waals surface area contributed by atoms with Gasteiger partial charge >= 0.3 is 0 Å². The lowest BCUT2D eigenvalue weighted by Gasteiger charge is -2.35. The van der Waals surface area contributed by atoms with E-state index < -0.39 is 0 Å². The highest BCUT2D eigenvalue weighted by Gasteiger charge is 2.47. The van der Waals surface area contributed by atoms with E-state index in [9.17, 15) is 9.59 Å². The third-order valence-corrected chi connectivity index (χ3v) is 5.99. The highest BCUT2D eigenvalue weighted by atomic mass is 16.3. The molecule has 5 nitrogen and oxygen atoms in total. The number of hydrogen-bond acceptors (Lipinski definition) is 3. The van der Waals surface area contributed by atoms with Crippen LogP contribution in [0.4, 0.5) is 0 Å². The molecule has 1 aromatic carbocycles. The molecule has 2 aliphatic rings. The van der Waals surface area contributed by atoms with E-state index >= 15 is 0 Å². The Morgan fingerprint density at radius 2 is 2.00 bits per heavy atom. The van der Waals surface area contributed by atoms with Gasteiger partial charge in [0, 0.05) is 19.0 Å². The first kappa shape index (κ1) is 17.8. The highest BCUT2D eigenvalue weighted by molar-refractivity contribution is 5.91. The minimum atomic E-state index is -0.213.